The van der Waals surface area contributed by atoms with Crippen molar-refractivity contribution in [1.29, 1.82) is 0 Å². The summed E-state index contributed by atoms with van der Waals surface area (Å²) in [5.41, 5.74) is -2.15. The van der Waals surface area contributed by atoms with E-state index >= 15 is 0 Å². The van der Waals surface area contributed by atoms with Crippen LogP contribution in [0.5, 0.6) is 0 Å². The first-order valence-corrected chi connectivity index (χ1v) is 17.7. The Kier molecular flexibility index (Phi) is 3.72. The lowest BCUT2D eigenvalue weighted by Gasteiger charge is -2.12. The second kappa shape index (κ2) is 12.5. The smallest absolute Gasteiger partial charge is 0.137 e. The van der Waals surface area contributed by atoms with Gasteiger partial charge >= 0.3 is 0 Å². The van der Waals surface area contributed by atoms with E-state index in [1.165, 1.54) is 51.6 Å². The summed E-state index contributed by atoms with van der Waals surface area (Å²) in [6.45, 7) is 0. The Morgan fingerprint density at radius 3 is 2.04 bits per heavy atom. The topological polar surface area (TPSA) is 23.0 Å². The van der Waals surface area contributed by atoms with E-state index in [-0.39, 0.29) is 100.0 Å². The fraction of sp³-hybridized carbons (Fsp3) is 0. The Balaban J connectivity index is 1.15. The van der Waals surface area contributed by atoms with Crippen LogP contribution in [0.15, 0.2) is 210 Å². The minimum atomic E-state index is -0.736. The Morgan fingerprint density at radius 1 is 0.351 bits per heavy atom. The SMILES string of the molecule is [2H]c1ccc([2H])c(-c2c([2H])c([2H])c([2H])c(-c3c([2H])c([2H])c4c(oc5c([2H])c(-n6c7ccc(-c8c([2H])c([2H])c([2H])c9c%10c([2H])c([2H])c([2H])c([2H])c%10n(-c%10ccccc%10)c89)c([2H])c7c7c([2H])c([2H])c([2H])cc76)cc([2H])c54)c3[2H])c2[2H])c1. The zero-order valence-corrected chi connectivity index (χ0v) is 29.2. The van der Waals surface area contributed by atoms with E-state index < -0.39 is 138 Å². The van der Waals surface area contributed by atoms with Crippen LogP contribution >= 0.6 is 0 Å². The van der Waals surface area contributed by atoms with E-state index in [4.69, 9.17) is 20.9 Å². The maximum atomic E-state index is 10.0. The molecule has 3 heterocycles. The van der Waals surface area contributed by atoms with Crippen LogP contribution in [0.3, 0.4) is 0 Å². The van der Waals surface area contributed by atoms with Crippen LogP contribution in [-0.4, -0.2) is 9.13 Å². The number of furan rings is 1. The fourth-order valence-corrected chi connectivity index (χ4v) is 7.48. The van der Waals surface area contributed by atoms with Gasteiger partial charge in [0, 0.05) is 55.3 Å². The van der Waals surface area contributed by atoms with Gasteiger partial charge in [-0.25, -0.2) is 0 Å². The number of hydrogen-bond acceptors (Lipinski definition) is 1. The van der Waals surface area contributed by atoms with Gasteiger partial charge < -0.3 is 13.6 Å². The predicted molar refractivity (Wildman–Crippen MR) is 239 cm³/mol. The maximum Gasteiger partial charge on any atom is 0.137 e. The molecule has 0 fully saturated rings. The zero-order valence-electron chi connectivity index (χ0n) is 51.2. The van der Waals surface area contributed by atoms with Crippen LogP contribution in [0.4, 0.5) is 0 Å². The highest BCUT2D eigenvalue weighted by Crippen LogP contribution is 2.42. The molecule has 12 aromatic rings. The number of aromatic nitrogens is 2. The predicted octanol–water partition coefficient (Wildman–Crippen LogP) is 14.8. The van der Waals surface area contributed by atoms with Crippen molar-refractivity contribution in [2.75, 3.05) is 0 Å². The number of benzene rings is 9. The van der Waals surface area contributed by atoms with Crippen LogP contribution in [0.2, 0.25) is 0 Å². The zero-order chi connectivity index (χ0) is 56.6. The first-order chi connectivity index (χ1) is 37.4. The molecular formula is C54H34N2O. The van der Waals surface area contributed by atoms with Crippen LogP contribution in [0, 0.1) is 0 Å². The van der Waals surface area contributed by atoms with E-state index in [0.717, 1.165) is 0 Å². The molecule has 0 saturated carbocycles. The molecule has 3 aromatic heterocycles. The lowest BCUT2D eigenvalue weighted by molar-refractivity contribution is 0.669. The molecule has 3 heteroatoms. The second-order valence-corrected chi connectivity index (χ2v) is 13.1. The van der Waals surface area contributed by atoms with E-state index in [1.54, 1.807) is 30.3 Å². The highest BCUT2D eigenvalue weighted by molar-refractivity contribution is 6.16. The van der Waals surface area contributed by atoms with Crippen molar-refractivity contribution in [3.8, 4) is 44.8 Å². The molecule has 266 valence electrons. The molecule has 0 bridgehead atoms. The fourth-order valence-electron chi connectivity index (χ4n) is 7.48. The molecule has 0 spiro atoms. The van der Waals surface area contributed by atoms with Crippen LogP contribution < -0.4 is 0 Å². The molecule has 0 unspecified atom stereocenters. The molecular weight excluding hydrogens is 693 g/mol. The van der Waals surface area contributed by atoms with Crippen LogP contribution in [0.25, 0.3) is 110 Å². The van der Waals surface area contributed by atoms with Crippen LogP contribution in [0.1, 0.15) is 30.2 Å². The first-order valence-electron chi connectivity index (χ1n) is 28.7. The maximum absolute atomic E-state index is 10.0. The van der Waals surface area contributed by atoms with Crippen molar-refractivity contribution >= 4 is 65.6 Å². The number of hydrogen-bond donors (Lipinski definition) is 0. The summed E-state index contributed by atoms with van der Waals surface area (Å²) in [4.78, 5) is 0. The van der Waals surface area contributed by atoms with Crippen molar-refractivity contribution < 1.29 is 34.6 Å². The molecule has 0 atom stereocenters. The third-order valence-electron chi connectivity index (χ3n) is 9.96. The summed E-state index contributed by atoms with van der Waals surface area (Å²) in [5.74, 6) is 0. The summed E-state index contributed by atoms with van der Waals surface area (Å²) < 4.78 is 208. The molecule has 9 aromatic carbocycles. The lowest BCUT2D eigenvalue weighted by atomic mass is 9.98. The number of nitrogens with zero attached hydrogens (tertiary/aromatic N) is 2. The van der Waals surface area contributed by atoms with E-state index in [1.807, 2.05) is 0 Å². The van der Waals surface area contributed by atoms with Gasteiger partial charge in [-0.2, -0.15) is 0 Å². The van der Waals surface area contributed by atoms with Crippen molar-refractivity contribution in [2.45, 2.75) is 0 Å². The second-order valence-electron chi connectivity index (χ2n) is 13.1. The highest BCUT2D eigenvalue weighted by Gasteiger charge is 2.19. The average Bonchev–Trinajstić information content (AvgIpc) is 3.18. The largest absolute Gasteiger partial charge is 0.456 e. The Morgan fingerprint density at radius 2 is 1.11 bits per heavy atom. The average molecular weight is 749 g/mol. The van der Waals surface area contributed by atoms with Gasteiger partial charge in [0.15, 0.2) is 0 Å². The highest BCUT2D eigenvalue weighted by atomic mass is 16.3. The molecule has 0 aliphatic carbocycles. The normalized spacial score (nSPS) is 17.3. The van der Waals surface area contributed by atoms with Gasteiger partial charge in [0.25, 0.3) is 0 Å². The molecule has 0 aliphatic heterocycles. The van der Waals surface area contributed by atoms with Gasteiger partial charge in [0.1, 0.15) is 11.2 Å². The number of rotatable bonds is 5. The molecule has 3 nitrogen and oxygen atoms in total. The lowest BCUT2D eigenvalue weighted by Crippen LogP contribution is -1.95. The van der Waals surface area contributed by atoms with E-state index in [0.29, 0.717) is 5.69 Å². The van der Waals surface area contributed by atoms with Crippen LogP contribution in [-0.2, 0) is 0 Å². The summed E-state index contributed by atoms with van der Waals surface area (Å²) in [6, 6.07) is 5.99. The molecule has 0 amide bonds. The number of fused-ring (bicyclic) bond motifs is 9. The van der Waals surface area contributed by atoms with E-state index in [2.05, 4.69) is 0 Å². The quantitative estimate of drug-likeness (QED) is 0.172. The monoisotopic (exact) mass is 748 g/mol. The Hall–Kier alpha value is -7.62. The van der Waals surface area contributed by atoms with Crippen molar-refractivity contribution in [3.05, 3.63) is 206 Å². The summed E-state index contributed by atoms with van der Waals surface area (Å²) in [5, 5.41) is -0.743. The van der Waals surface area contributed by atoms with Crippen molar-refractivity contribution in [1.82, 2.24) is 9.13 Å². The van der Waals surface area contributed by atoms with Gasteiger partial charge in [-0.3, -0.25) is 0 Å². The summed E-state index contributed by atoms with van der Waals surface area (Å²) in [7, 11) is 0. The van der Waals surface area contributed by atoms with Gasteiger partial charge in [-0.15, -0.1) is 0 Å². The molecule has 0 aliphatic rings. The summed E-state index contributed by atoms with van der Waals surface area (Å²) >= 11 is 0. The standard InChI is InChI=1S/C54H34N2O/c1-3-13-35(14-4-1)36-15-11-16-37(31-36)38-25-28-45-46-29-27-41(34-53(46)57-52(45)33-38)55-49-23-9-8-20-44(49)48-32-39(26-30-51(48)55)42-21-12-22-47-43-19-7-10-24-50(43)56(54(42)47)40-17-5-2-6-18-40/h1-34H/i3D,7D,8D,9D,10D,11D,12D,14D,15D,16D,19D,20D,21D,22D,24D,25D,28D,29D,31D,32D,33D,34D. The third kappa shape index (κ3) is 4.92. The number of para-hydroxylation sites is 4. The van der Waals surface area contributed by atoms with Gasteiger partial charge in [-0.05, 0) is 94.4 Å². The molecule has 0 radical (unpaired) electrons. The molecule has 0 N–H and O–H groups in total. The van der Waals surface area contributed by atoms with Gasteiger partial charge in [0.05, 0.1) is 52.2 Å². The Labute approximate surface area is 359 Å². The molecule has 0 saturated heterocycles. The summed E-state index contributed by atoms with van der Waals surface area (Å²) in [6.07, 6.45) is 0. The third-order valence-corrected chi connectivity index (χ3v) is 9.96. The van der Waals surface area contributed by atoms with Crippen molar-refractivity contribution in [3.63, 3.8) is 0 Å². The minimum Gasteiger partial charge on any atom is -0.456 e. The van der Waals surface area contributed by atoms with E-state index in [9.17, 15) is 13.7 Å². The molecule has 57 heavy (non-hydrogen) atoms. The van der Waals surface area contributed by atoms with Gasteiger partial charge in [0.2, 0.25) is 0 Å². The molecule has 12 rings (SSSR count). The first kappa shape index (κ1) is 17.0. The Bertz CT molecular complexity index is 4810. The minimum absolute atomic E-state index is 0.00617. The van der Waals surface area contributed by atoms with Gasteiger partial charge in [-0.1, -0.05) is 133 Å². The van der Waals surface area contributed by atoms with Crippen molar-refractivity contribution in [2.24, 2.45) is 0 Å².